The third-order valence-electron chi connectivity index (χ3n) is 5.49. The first kappa shape index (κ1) is 21.1. The zero-order valence-electron chi connectivity index (χ0n) is 18.0. The van der Waals surface area contributed by atoms with Crippen LogP contribution in [0.25, 0.3) is 10.9 Å². The number of methoxy groups -OCH3 is 1. The summed E-state index contributed by atoms with van der Waals surface area (Å²) >= 11 is 0. The number of hydrogen-bond donors (Lipinski definition) is 0. The van der Waals surface area contributed by atoms with E-state index in [1.807, 2.05) is 30.3 Å². The van der Waals surface area contributed by atoms with Crippen molar-refractivity contribution in [1.29, 1.82) is 0 Å². The van der Waals surface area contributed by atoms with Gasteiger partial charge >= 0.3 is 0 Å². The molecule has 0 unspecified atom stereocenters. The lowest BCUT2D eigenvalue weighted by atomic mass is 10.1. The first-order chi connectivity index (χ1) is 16.1. The zero-order chi connectivity index (χ0) is 22.8. The Bertz CT molecular complexity index is 1400. The van der Waals surface area contributed by atoms with Crippen LogP contribution in [-0.4, -0.2) is 33.7 Å². The van der Waals surface area contributed by atoms with Gasteiger partial charge in [-0.3, -0.25) is 9.29 Å². The Hall–Kier alpha value is -3.78. The van der Waals surface area contributed by atoms with Gasteiger partial charge in [-0.15, -0.1) is 0 Å². The van der Waals surface area contributed by atoms with Crippen molar-refractivity contribution in [3.05, 3.63) is 84.6 Å². The number of fused-ring (bicyclic) bond motifs is 2. The minimum Gasteiger partial charge on any atom is -0.497 e. The molecule has 33 heavy (non-hydrogen) atoms. The molecule has 0 saturated carbocycles. The maximum atomic E-state index is 13.9. The molecule has 0 atom stereocenters. The first-order valence-corrected chi connectivity index (χ1v) is 11.9. The van der Waals surface area contributed by atoms with Gasteiger partial charge in [0, 0.05) is 17.6 Å². The third-order valence-corrected chi connectivity index (χ3v) is 7.26. The van der Waals surface area contributed by atoms with Crippen LogP contribution in [0.3, 0.4) is 0 Å². The molecule has 3 aromatic carbocycles. The van der Waals surface area contributed by atoms with Crippen LogP contribution in [-0.2, 0) is 16.6 Å². The van der Waals surface area contributed by atoms with Crippen LogP contribution >= 0.6 is 0 Å². The number of sulfonamides is 1. The monoisotopic (exact) mass is 462 g/mol. The van der Waals surface area contributed by atoms with E-state index >= 15 is 0 Å². The fourth-order valence-electron chi connectivity index (χ4n) is 3.82. The number of pyridine rings is 1. The summed E-state index contributed by atoms with van der Waals surface area (Å²) in [6.45, 7) is 0.920. The minimum atomic E-state index is -3.94. The Labute approximate surface area is 192 Å². The summed E-state index contributed by atoms with van der Waals surface area (Å²) in [5.41, 5.74) is 2.07. The highest BCUT2D eigenvalue weighted by Gasteiger charge is 2.28. The molecule has 168 valence electrons. The number of anilines is 1. The molecule has 8 heteroatoms. The van der Waals surface area contributed by atoms with Crippen LogP contribution in [0.15, 0.2) is 83.9 Å². The Morgan fingerprint density at radius 1 is 0.939 bits per heavy atom. The number of ether oxygens (including phenoxy) is 3. The van der Waals surface area contributed by atoms with E-state index in [2.05, 4.69) is 4.98 Å². The average Bonchev–Trinajstić information content (AvgIpc) is 2.87. The maximum absolute atomic E-state index is 13.9. The number of aromatic nitrogens is 1. The molecule has 0 fully saturated rings. The van der Waals surface area contributed by atoms with Gasteiger partial charge in [-0.1, -0.05) is 24.3 Å². The fourth-order valence-corrected chi connectivity index (χ4v) is 5.28. The second kappa shape index (κ2) is 8.63. The van der Waals surface area contributed by atoms with Crippen molar-refractivity contribution in [1.82, 2.24) is 4.98 Å². The van der Waals surface area contributed by atoms with Gasteiger partial charge < -0.3 is 14.2 Å². The van der Waals surface area contributed by atoms with Crippen LogP contribution in [0.1, 0.15) is 5.56 Å². The predicted molar refractivity (Wildman–Crippen MR) is 126 cm³/mol. The molecule has 0 radical (unpaired) electrons. The minimum absolute atomic E-state index is 0.109. The Balaban J connectivity index is 1.61. The van der Waals surface area contributed by atoms with Crippen LogP contribution < -0.4 is 18.5 Å². The summed E-state index contributed by atoms with van der Waals surface area (Å²) < 4.78 is 45.6. The van der Waals surface area contributed by atoms with Gasteiger partial charge in [-0.25, -0.2) is 8.42 Å². The molecule has 0 saturated heterocycles. The summed E-state index contributed by atoms with van der Waals surface area (Å²) in [7, 11) is -2.37. The molecule has 1 aliphatic heterocycles. The number of hydrogen-bond acceptors (Lipinski definition) is 6. The SMILES string of the molecule is COc1ccc(N(Cc2cccc3cccnc23)S(=O)(=O)c2ccc3c(c2)OCCO3)cc1. The van der Waals surface area contributed by atoms with E-state index in [0.717, 1.165) is 16.5 Å². The highest BCUT2D eigenvalue weighted by molar-refractivity contribution is 7.92. The Morgan fingerprint density at radius 2 is 1.70 bits per heavy atom. The summed E-state index contributed by atoms with van der Waals surface area (Å²) in [6, 6.07) is 21.2. The van der Waals surface area contributed by atoms with Crippen molar-refractivity contribution in [2.24, 2.45) is 0 Å². The molecule has 0 aliphatic carbocycles. The van der Waals surface area contributed by atoms with Gasteiger partial charge in [0.25, 0.3) is 10.0 Å². The molecule has 0 N–H and O–H groups in total. The van der Waals surface area contributed by atoms with Crippen molar-refractivity contribution in [3.63, 3.8) is 0 Å². The van der Waals surface area contributed by atoms with Crippen LogP contribution in [0.2, 0.25) is 0 Å². The number of nitrogens with zero attached hydrogens (tertiary/aromatic N) is 2. The van der Waals surface area contributed by atoms with E-state index in [-0.39, 0.29) is 11.4 Å². The third kappa shape index (κ3) is 4.05. The van der Waals surface area contributed by atoms with Gasteiger partial charge in [0.2, 0.25) is 0 Å². The number of para-hydroxylation sites is 1. The van der Waals surface area contributed by atoms with Gasteiger partial charge in [-0.2, -0.15) is 0 Å². The topological polar surface area (TPSA) is 78.0 Å². The Morgan fingerprint density at radius 3 is 2.48 bits per heavy atom. The van der Waals surface area contributed by atoms with Crippen molar-refractivity contribution < 1.29 is 22.6 Å². The van der Waals surface area contributed by atoms with E-state index in [1.54, 1.807) is 49.7 Å². The van der Waals surface area contributed by atoms with Gasteiger partial charge in [0.05, 0.1) is 29.8 Å². The van der Waals surface area contributed by atoms with Crippen molar-refractivity contribution >= 4 is 26.6 Å². The molecular formula is C25H22N2O5S. The van der Waals surface area contributed by atoms with Crippen LogP contribution in [0.5, 0.6) is 17.2 Å². The van der Waals surface area contributed by atoms with E-state index in [1.165, 1.54) is 10.4 Å². The molecule has 2 heterocycles. The molecule has 0 amide bonds. The largest absolute Gasteiger partial charge is 0.497 e. The lowest BCUT2D eigenvalue weighted by molar-refractivity contribution is 0.171. The molecule has 1 aliphatic rings. The molecule has 4 aromatic rings. The maximum Gasteiger partial charge on any atom is 0.264 e. The predicted octanol–water partition coefficient (Wildman–Crippen LogP) is 4.41. The lowest BCUT2D eigenvalue weighted by Crippen LogP contribution is -2.31. The quantitative estimate of drug-likeness (QED) is 0.422. The second-order valence-corrected chi connectivity index (χ2v) is 9.37. The zero-order valence-corrected chi connectivity index (χ0v) is 18.8. The standard InChI is InChI=1S/C25H22N2O5S/c1-30-21-9-7-20(8-10-21)27(17-19-5-2-4-18-6-3-13-26-25(18)19)33(28,29)22-11-12-23-24(16-22)32-15-14-31-23/h2-13,16H,14-15,17H2,1H3. The van der Waals surface area contributed by atoms with Crippen LogP contribution in [0, 0.1) is 0 Å². The van der Waals surface area contributed by atoms with E-state index in [4.69, 9.17) is 14.2 Å². The molecule has 0 spiro atoms. The normalized spacial score (nSPS) is 13.0. The highest BCUT2D eigenvalue weighted by Crippen LogP contribution is 2.35. The summed E-state index contributed by atoms with van der Waals surface area (Å²) in [5, 5.41) is 0.946. The average molecular weight is 463 g/mol. The molecule has 5 rings (SSSR count). The number of rotatable bonds is 6. The summed E-state index contributed by atoms with van der Waals surface area (Å²) in [4.78, 5) is 4.61. The van der Waals surface area contributed by atoms with E-state index < -0.39 is 10.0 Å². The number of benzene rings is 3. The van der Waals surface area contributed by atoms with Gasteiger partial charge in [0.1, 0.15) is 19.0 Å². The lowest BCUT2D eigenvalue weighted by Gasteiger charge is -2.26. The molecule has 7 nitrogen and oxygen atoms in total. The fraction of sp³-hybridized carbons (Fsp3) is 0.160. The van der Waals surface area contributed by atoms with E-state index in [9.17, 15) is 8.42 Å². The molecular weight excluding hydrogens is 440 g/mol. The van der Waals surface area contributed by atoms with E-state index in [0.29, 0.717) is 36.1 Å². The summed E-state index contributed by atoms with van der Waals surface area (Å²) in [5.74, 6) is 1.60. The first-order valence-electron chi connectivity index (χ1n) is 10.5. The van der Waals surface area contributed by atoms with Crippen LogP contribution in [0.4, 0.5) is 5.69 Å². The van der Waals surface area contributed by atoms with Crippen molar-refractivity contribution in [2.45, 2.75) is 11.4 Å². The second-order valence-electron chi connectivity index (χ2n) is 7.51. The summed E-state index contributed by atoms with van der Waals surface area (Å²) in [6.07, 6.45) is 1.71. The molecule has 0 bridgehead atoms. The highest BCUT2D eigenvalue weighted by atomic mass is 32.2. The molecule has 1 aromatic heterocycles. The smallest absolute Gasteiger partial charge is 0.264 e. The van der Waals surface area contributed by atoms with Gasteiger partial charge in [0.15, 0.2) is 11.5 Å². The van der Waals surface area contributed by atoms with Crippen molar-refractivity contribution in [2.75, 3.05) is 24.6 Å². The van der Waals surface area contributed by atoms with Crippen molar-refractivity contribution in [3.8, 4) is 17.2 Å². The van der Waals surface area contributed by atoms with Gasteiger partial charge in [-0.05, 0) is 48.0 Å². The Kier molecular flexibility index (Phi) is 5.51.